The molecule has 0 aromatic rings. The zero-order valence-corrected chi connectivity index (χ0v) is 6.62. The molecular weight excluding hydrogens is 140 g/mol. The molecule has 11 heavy (non-hydrogen) atoms. The molecule has 60 valence electrons. The van der Waals surface area contributed by atoms with Crippen molar-refractivity contribution in [1.82, 2.24) is 0 Å². The lowest BCUT2D eigenvalue weighted by Gasteiger charge is -2.38. The minimum absolute atomic E-state index is 0.139. The summed E-state index contributed by atoms with van der Waals surface area (Å²) in [5.41, 5.74) is 0. The van der Waals surface area contributed by atoms with Gasteiger partial charge in [-0.05, 0) is 18.8 Å². The van der Waals surface area contributed by atoms with Crippen LogP contribution in [0, 0.1) is 11.8 Å². The van der Waals surface area contributed by atoms with Gasteiger partial charge in [0.1, 0.15) is 6.10 Å². The topological polar surface area (TPSA) is 26.3 Å². The van der Waals surface area contributed by atoms with Crippen LogP contribution in [0.2, 0.25) is 0 Å². The molecule has 0 radical (unpaired) electrons. The molecule has 0 bridgehead atoms. The molecule has 2 aliphatic carbocycles. The van der Waals surface area contributed by atoms with Crippen LogP contribution >= 0.6 is 0 Å². The third-order valence-corrected chi connectivity index (χ3v) is 2.64. The van der Waals surface area contributed by atoms with E-state index >= 15 is 0 Å². The fourth-order valence-corrected chi connectivity index (χ4v) is 2.00. The van der Waals surface area contributed by atoms with Crippen LogP contribution in [0.5, 0.6) is 0 Å². The van der Waals surface area contributed by atoms with Crippen LogP contribution in [-0.4, -0.2) is 12.1 Å². The summed E-state index contributed by atoms with van der Waals surface area (Å²) in [6, 6.07) is 0. The average Bonchev–Trinajstić information content (AvgIpc) is 2.26. The van der Waals surface area contributed by atoms with E-state index in [-0.39, 0.29) is 12.1 Å². The van der Waals surface area contributed by atoms with E-state index in [0.717, 1.165) is 12.8 Å². The Balaban J connectivity index is 1.88. The number of fused-ring (bicyclic) bond motifs is 1. The monoisotopic (exact) mass is 152 g/mol. The van der Waals surface area contributed by atoms with E-state index in [0.29, 0.717) is 11.8 Å². The van der Waals surface area contributed by atoms with Gasteiger partial charge in [0.15, 0.2) is 0 Å². The number of allylic oxidation sites excluding steroid dienone is 2. The first-order valence-electron chi connectivity index (χ1n) is 4.11. The standard InChI is InChI=1S/C9H12O2/c1-6(10)11-9-5-7-3-2-4-8(7)9/h2-3,7-9H,4-5H2,1H3/t7-,8+,9-/m1/s1. The minimum atomic E-state index is -0.139. The van der Waals surface area contributed by atoms with Gasteiger partial charge in [0.25, 0.3) is 0 Å². The van der Waals surface area contributed by atoms with Gasteiger partial charge in [0.2, 0.25) is 0 Å². The lowest BCUT2D eigenvalue weighted by atomic mass is 9.73. The molecular formula is C9H12O2. The Kier molecular flexibility index (Phi) is 1.48. The molecule has 0 saturated heterocycles. The summed E-state index contributed by atoms with van der Waals surface area (Å²) in [7, 11) is 0. The van der Waals surface area contributed by atoms with Crippen LogP contribution in [0.1, 0.15) is 19.8 Å². The van der Waals surface area contributed by atoms with Gasteiger partial charge in [0, 0.05) is 12.8 Å². The van der Waals surface area contributed by atoms with E-state index < -0.39 is 0 Å². The van der Waals surface area contributed by atoms with Crippen LogP contribution in [-0.2, 0) is 9.53 Å². The zero-order valence-electron chi connectivity index (χ0n) is 6.62. The van der Waals surface area contributed by atoms with Gasteiger partial charge in [0.05, 0.1) is 0 Å². The second-order valence-corrected chi connectivity index (χ2v) is 3.38. The maximum Gasteiger partial charge on any atom is 0.302 e. The van der Waals surface area contributed by atoms with Gasteiger partial charge in [-0.2, -0.15) is 0 Å². The first-order valence-corrected chi connectivity index (χ1v) is 4.11. The number of carbonyl (C=O) groups excluding carboxylic acids is 1. The van der Waals surface area contributed by atoms with Crippen molar-refractivity contribution in [3.05, 3.63) is 12.2 Å². The van der Waals surface area contributed by atoms with Gasteiger partial charge >= 0.3 is 5.97 Å². The summed E-state index contributed by atoms with van der Waals surface area (Å²) in [5.74, 6) is 1.18. The van der Waals surface area contributed by atoms with Crippen LogP contribution in [0.15, 0.2) is 12.2 Å². The SMILES string of the molecule is CC(=O)O[C@@H]1C[C@H]2C=CC[C@@H]21. The molecule has 0 amide bonds. The Morgan fingerprint density at radius 1 is 1.64 bits per heavy atom. The Morgan fingerprint density at radius 3 is 3.09 bits per heavy atom. The molecule has 2 heteroatoms. The molecule has 0 N–H and O–H groups in total. The lowest BCUT2D eigenvalue weighted by Crippen LogP contribution is -2.40. The predicted octanol–water partition coefficient (Wildman–Crippen LogP) is 1.51. The van der Waals surface area contributed by atoms with Crippen molar-refractivity contribution in [1.29, 1.82) is 0 Å². The third kappa shape index (κ3) is 1.06. The van der Waals surface area contributed by atoms with E-state index in [4.69, 9.17) is 4.74 Å². The van der Waals surface area contributed by atoms with Crippen molar-refractivity contribution in [3.63, 3.8) is 0 Å². The van der Waals surface area contributed by atoms with Crippen LogP contribution in [0.25, 0.3) is 0 Å². The molecule has 0 heterocycles. The van der Waals surface area contributed by atoms with E-state index in [1.807, 2.05) is 0 Å². The van der Waals surface area contributed by atoms with Crippen molar-refractivity contribution in [3.8, 4) is 0 Å². The second kappa shape index (κ2) is 2.36. The fourth-order valence-electron chi connectivity index (χ4n) is 2.00. The molecule has 2 nitrogen and oxygen atoms in total. The van der Waals surface area contributed by atoms with Gasteiger partial charge in [-0.15, -0.1) is 0 Å². The summed E-state index contributed by atoms with van der Waals surface area (Å²) < 4.78 is 5.12. The summed E-state index contributed by atoms with van der Waals surface area (Å²) in [5, 5.41) is 0. The Morgan fingerprint density at radius 2 is 2.45 bits per heavy atom. The van der Waals surface area contributed by atoms with Gasteiger partial charge in [-0.3, -0.25) is 4.79 Å². The van der Waals surface area contributed by atoms with Crippen LogP contribution in [0.4, 0.5) is 0 Å². The van der Waals surface area contributed by atoms with Crippen molar-refractivity contribution >= 4 is 5.97 Å². The van der Waals surface area contributed by atoms with Gasteiger partial charge in [-0.25, -0.2) is 0 Å². The first kappa shape index (κ1) is 6.89. The van der Waals surface area contributed by atoms with E-state index in [1.165, 1.54) is 6.92 Å². The van der Waals surface area contributed by atoms with Crippen molar-refractivity contribution in [2.45, 2.75) is 25.9 Å². The highest BCUT2D eigenvalue weighted by molar-refractivity contribution is 5.66. The van der Waals surface area contributed by atoms with Gasteiger partial charge < -0.3 is 4.74 Å². The maximum atomic E-state index is 10.6. The molecule has 2 rings (SSSR count). The average molecular weight is 152 g/mol. The number of carbonyl (C=O) groups is 1. The Hall–Kier alpha value is -0.790. The molecule has 0 aromatic heterocycles. The number of esters is 1. The van der Waals surface area contributed by atoms with Crippen molar-refractivity contribution in [2.75, 3.05) is 0 Å². The number of rotatable bonds is 1. The zero-order chi connectivity index (χ0) is 7.84. The smallest absolute Gasteiger partial charge is 0.302 e. The van der Waals surface area contributed by atoms with Crippen LogP contribution < -0.4 is 0 Å². The van der Waals surface area contributed by atoms with E-state index in [9.17, 15) is 4.79 Å². The quantitative estimate of drug-likeness (QED) is 0.420. The Labute approximate surface area is 66.2 Å². The lowest BCUT2D eigenvalue weighted by molar-refractivity contribution is -0.157. The molecule has 0 spiro atoms. The summed E-state index contributed by atoms with van der Waals surface area (Å²) in [4.78, 5) is 10.6. The van der Waals surface area contributed by atoms with Crippen molar-refractivity contribution < 1.29 is 9.53 Å². The number of hydrogen-bond donors (Lipinski definition) is 0. The van der Waals surface area contributed by atoms with Crippen LogP contribution in [0.3, 0.4) is 0 Å². The molecule has 0 aromatic carbocycles. The largest absolute Gasteiger partial charge is 0.462 e. The molecule has 0 unspecified atom stereocenters. The van der Waals surface area contributed by atoms with Gasteiger partial charge in [-0.1, -0.05) is 12.2 Å². The number of hydrogen-bond acceptors (Lipinski definition) is 2. The minimum Gasteiger partial charge on any atom is -0.462 e. The Bertz CT molecular complexity index is 208. The molecule has 0 aliphatic heterocycles. The summed E-state index contributed by atoms with van der Waals surface area (Å²) in [6.45, 7) is 1.48. The highest BCUT2D eigenvalue weighted by Gasteiger charge is 2.43. The first-order chi connectivity index (χ1) is 5.27. The predicted molar refractivity (Wildman–Crippen MR) is 40.9 cm³/mol. The molecule has 3 atom stereocenters. The van der Waals surface area contributed by atoms with Crippen molar-refractivity contribution in [2.24, 2.45) is 11.8 Å². The molecule has 2 aliphatic rings. The van der Waals surface area contributed by atoms with E-state index in [2.05, 4.69) is 12.2 Å². The maximum absolute atomic E-state index is 10.6. The highest BCUT2D eigenvalue weighted by atomic mass is 16.5. The fraction of sp³-hybridized carbons (Fsp3) is 0.667. The second-order valence-electron chi connectivity index (χ2n) is 3.38. The number of ether oxygens (including phenoxy) is 1. The van der Waals surface area contributed by atoms with E-state index in [1.54, 1.807) is 0 Å². The third-order valence-electron chi connectivity index (χ3n) is 2.64. The highest BCUT2D eigenvalue weighted by Crippen LogP contribution is 2.44. The summed E-state index contributed by atoms with van der Waals surface area (Å²) in [6.07, 6.45) is 6.79. The normalized spacial score (nSPS) is 39.5. The molecule has 1 saturated carbocycles. The summed E-state index contributed by atoms with van der Waals surface area (Å²) >= 11 is 0. The molecule has 1 fully saturated rings.